The minimum atomic E-state index is -0.639. The number of hydrogen-bond donors (Lipinski definition) is 1. The fourth-order valence-electron chi connectivity index (χ4n) is 3.47. The third kappa shape index (κ3) is 4.35. The number of methoxy groups -OCH3 is 1. The molecule has 2 aromatic heterocycles. The smallest absolute Gasteiger partial charge is 0.267 e. The van der Waals surface area contributed by atoms with Gasteiger partial charge in [-0.05, 0) is 66.3 Å². The molecule has 0 unspecified atom stereocenters. The minimum Gasteiger partial charge on any atom is -0.494 e. The van der Waals surface area contributed by atoms with Gasteiger partial charge in [0.05, 0.1) is 12.6 Å². The molecule has 0 aliphatic carbocycles. The maximum atomic E-state index is 14.3. The van der Waals surface area contributed by atoms with E-state index in [4.69, 9.17) is 10.5 Å². The van der Waals surface area contributed by atoms with Gasteiger partial charge in [-0.1, -0.05) is 18.2 Å². The molecule has 2 N–H and O–H groups in total. The van der Waals surface area contributed by atoms with Gasteiger partial charge in [-0.3, -0.25) is 4.79 Å². The summed E-state index contributed by atoms with van der Waals surface area (Å²) >= 11 is 0. The highest BCUT2D eigenvalue weighted by Gasteiger charge is 2.14. The Morgan fingerprint density at radius 1 is 1.03 bits per heavy atom. The normalized spacial score (nSPS) is 10.9. The number of pyridine rings is 1. The lowest BCUT2D eigenvalue weighted by atomic mass is 9.97. The van der Waals surface area contributed by atoms with Crippen molar-refractivity contribution in [1.29, 1.82) is 0 Å². The number of nitrogens with zero attached hydrogens (tertiary/aromatic N) is 3. The van der Waals surface area contributed by atoms with Gasteiger partial charge in [-0.2, -0.15) is 0 Å². The zero-order valence-corrected chi connectivity index (χ0v) is 17.2. The van der Waals surface area contributed by atoms with Crippen molar-refractivity contribution >= 4 is 16.8 Å². The van der Waals surface area contributed by atoms with E-state index < -0.39 is 11.7 Å². The van der Waals surface area contributed by atoms with Gasteiger partial charge in [-0.15, -0.1) is 0 Å². The van der Waals surface area contributed by atoms with E-state index in [0.717, 1.165) is 35.2 Å². The summed E-state index contributed by atoms with van der Waals surface area (Å²) in [6.07, 6.45) is 5.18. The van der Waals surface area contributed by atoms with E-state index in [2.05, 4.69) is 15.0 Å². The summed E-state index contributed by atoms with van der Waals surface area (Å²) in [6.45, 7) is 1.85. The molecule has 0 aliphatic heterocycles. The number of nitrogens with two attached hydrogens (primary N) is 1. The predicted molar refractivity (Wildman–Crippen MR) is 116 cm³/mol. The number of amides is 1. The maximum Gasteiger partial charge on any atom is 0.267 e. The topological polar surface area (TPSA) is 91.0 Å². The van der Waals surface area contributed by atoms with E-state index in [1.54, 1.807) is 18.2 Å². The van der Waals surface area contributed by atoms with Crippen molar-refractivity contribution in [3.05, 3.63) is 83.3 Å². The van der Waals surface area contributed by atoms with Crippen molar-refractivity contribution in [2.75, 3.05) is 7.11 Å². The third-order valence-electron chi connectivity index (χ3n) is 5.13. The van der Waals surface area contributed by atoms with Crippen LogP contribution in [0.15, 0.2) is 54.9 Å². The van der Waals surface area contributed by atoms with Gasteiger partial charge in [0.25, 0.3) is 5.91 Å². The fourth-order valence-corrected chi connectivity index (χ4v) is 3.47. The Kier molecular flexibility index (Phi) is 5.58. The molecule has 31 heavy (non-hydrogen) atoms. The fraction of sp³-hybridized carbons (Fsp3) is 0.167. The Balaban J connectivity index is 1.74. The Morgan fingerprint density at radius 3 is 2.45 bits per heavy atom. The molecule has 2 heterocycles. The first-order valence-electron chi connectivity index (χ1n) is 9.79. The minimum absolute atomic E-state index is 0.128. The molecule has 0 fully saturated rings. The Labute approximate surface area is 178 Å². The molecule has 1 amide bonds. The van der Waals surface area contributed by atoms with Gasteiger partial charge in [0.1, 0.15) is 11.5 Å². The van der Waals surface area contributed by atoms with E-state index in [0.29, 0.717) is 16.6 Å². The molecule has 7 heteroatoms. The van der Waals surface area contributed by atoms with Crippen molar-refractivity contribution < 1.29 is 13.9 Å². The molecular formula is C24H21FN4O2. The average molecular weight is 416 g/mol. The molecule has 156 valence electrons. The summed E-state index contributed by atoms with van der Waals surface area (Å²) in [5.74, 6) is -0.235. The van der Waals surface area contributed by atoms with Crippen LogP contribution in [0.25, 0.3) is 22.0 Å². The van der Waals surface area contributed by atoms with Gasteiger partial charge < -0.3 is 10.5 Å². The molecule has 6 nitrogen and oxygen atoms in total. The number of aryl methyl sites for hydroxylation is 3. The quantitative estimate of drug-likeness (QED) is 0.512. The number of benzene rings is 2. The van der Waals surface area contributed by atoms with Gasteiger partial charge in [-0.25, -0.2) is 19.3 Å². The van der Waals surface area contributed by atoms with Crippen LogP contribution in [0.1, 0.15) is 27.4 Å². The summed E-state index contributed by atoms with van der Waals surface area (Å²) in [5, 5.41) is 0.803. The number of rotatable bonds is 6. The molecule has 4 rings (SSSR count). The molecule has 0 radical (unpaired) electrons. The SMILES string of the molecule is COc1ccc(-c2cc(C(N)=O)nc3cc(CCc4cnc(C)nc4)ccc23)cc1F. The number of carbonyl (C=O) groups is 1. The number of primary amides is 1. The highest BCUT2D eigenvalue weighted by atomic mass is 19.1. The predicted octanol–water partition coefficient (Wildman–Crippen LogP) is 4.03. The molecule has 0 atom stereocenters. The highest BCUT2D eigenvalue weighted by Crippen LogP contribution is 2.32. The lowest BCUT2D eigenvalue weighted by molar-refractivity contribution is 0.0996. The van der Waals surface area contributed by atoms with Crippen molar-refractivity contribution in [3.8, 4) is 16.9 Å². The summed E-state index contributed by atoms with van der Waals surface area (Å²) in [4.78, 5) is 24.7. The second kappa shape index (κ2) is 8.47. The summed E-state index contributed by atoms with van der Waals surface area (Å²) < 4.78 is 19.3. The zero-order chi connectivity index (χ0) is 22.0. The van der Waals surface area contributed by atoms with E-state index in [-0.39, 0.29) is 11.4 Å². The average Bonchev–Trinajstić information content (AvgIpc) is 2.77. The molecule has 4 aromatic rings. The monoisotopic (exact) mass is 416 g/mol. The molecule has 0 aliphatic rings. The number of ether oxygens (including phenoxy) is 1. The van der Waals surface area contributed by atoms with Crippen LogP contribution in [-0.2, 0) is 12.8 Å². The van der Waals surface area contributed by atoms with Crippen LogP contribution in [0, 0.1) is 12.7 Å². The Bertz CT molecular complexity index is 1270. The number of carbonyl (C=O) groups excluding carboxylic acids is 1. The van der Waals surface area contributed by atoms with E-state index in [1.807, 2.05) is 37.5 Å². The van der Waals surface area contributed by atoms with Crippen molar-refractivity contribution in [1.82, 2.24) is 15.0 Å². The van der Waals surface area contributed by atoms with Gasteiger partial charge in [0, 0.05) is 17.8 Å². The van der Waals surface area contributed by atoms with Crippen LogP contribution in [0.3, 0.4) is 0 Å². The van der Waals surface area contributed by atoms with Gasteiger partial charge in [0.15, 0.2) is 11.6 Å². The second-order valence-electron chi connectivity index (χ2n) is 7.26. The van der Waals surface area contributed by atoms with Crippen LogP contribution in [0.5, 0.6) is 5.75 Å². The lowest BCUT2D eigenvalue weighted by Gasteiger charge is -2.11. The number of halogens is 1. The standard InChI is InChI=1S/C24H21FN4O2/c1-14-27-12-16(13-28-14)4-3-15-5-7-18-19(11-22(24(26)30)29-21(18)9-15)17-6-8-23(31-2)20(25)10-17/h5-13H,3-4H2,1-2H3,(H2,26,30). The van der Waals surface area contributed by atoms with Crippen molar-refractivity contribution in [2.24, 2.45) is 5.73 Å². The first-order chi connectivity index (χ1) is 14.9. The van der Waals surface area contributed by atoms with Crippen molar-refractivity contribution in [2.45, 2.75) is 19.8 Å². The Hall–Kier alpha value is -3.87. The molecule has 0 spiro atoms. The van der Waals surface area contributed by atoms with Crippen LogP contribution >= 0.6 is 0 Å². The summed E-state index contributed by atoms with van der Waals surface area (Å²) in [6, 6.07) is 12.1. The molecule has 0 saturated heterocycles. The molecule has 0 saturated carbocycles. The third-order valence-corrected chi connectivity index (χ3v) is 5.13. The summed E-state index contributed by atoms with van der Waals surface area (Å²) in [7, 11) is 1.41. The first kappa shape index (κ1) is 20.4. The number of hydrogen-bond acceptors (Lipinski definition) is 5. The van der Waals surface area contributed by atoms with Gasteiger partial charge >= 0.3 is 0 Å². The zero-order valence-electron chi connectivity index (χ0n) is 17.2. The number of aromatic nitrogens is 3. The van der Waals surface area contributed by atoms with Gasteiger partial charge in [0.2, 0.25) is 0 Å². The van der Waals surface area contributed by atoms with Crippen LogP contribution in [-0.4, -0.2) is 28.0 Å². The molecule has 2 aromatic carbocycles. The lowest BCUT2D eigenvalue weighted by Crippen LogP contribution is -2.13. The second-order valence-corrected chi connectivity index (χ2v) is 7.26. The van der Waals surface area contributed by atoms with E-state index in [1.165, 1.54) is 13.2 Å². The van der Waals surface area contributed by atoms with Crippen LogP contribution in [0.2, 0.25) is 0 Å². The van der Waals surface area contributed by atoms with E-state index >= 15 is 0 Å². The van der Waals surface area contributed by atoms with E-state index in [9.17, 15) is 9.18 Å². The maximum absolute atomic E-state index is 14.3. The molecular weight excluding hydrogens is 395 g/mol. The van der Waals surface area contributed by atoms with Crippen LogP contribution < -0.4 is 10.5 Å². The Morgan fingerprint density at radius 2 is 1.77 bits per heavy atom. The highest BCUT2D eigenvalue weighted by molar-refractivity contribution is 6.01. The number of fused-ring (bicyclic) bond motifs is 1. The molecule has 0 bridgehead atoms. The summed E-state index contributed by atoms with van der Waals surface area (Å²) in [5.41, 5.74) is 9.63. The first-order valence-corrected chi connectivity index (χ1v) is 9.79. The largest absolute Gasteiger partial charge is 0.494 e. The van der Waals surface area contributed by atoms with Crippen LogP contribution in [0.4, 0.5) is 4.39 Å². The van der Waals surface area contributed by atoms with Crippen molar-refractivity contribution in [3.63, 3.8) is 0 Å².